The van der Waals surface area contributed by atoms with Crippen LogP contribution in [0.3, 0.4) is 0 Å². The molecule has 0 heterocycles. The Morgan fingerprint density at radius 3 is 2.20 bits per heavy atom. The first-order valence-corrected chi connectivity index (χ1v) is 6.37. The maximum absolute atomic E-state index is 11.9. The summed E-state index contributed by atoms with van der Waals surface area (Å²) in [5.74, 6) is 1.04. The maximum Gasteiger partial charge on any atom is 0.203 e. The van der Waals surface area contributed by atoms with Crippen molar-refractivity contribution in [1.29, 1.82) is 0 Å². The molecule has 0 bridgehead atoms. The molecule has 104 valence electrons. The van der Waals surface area contributed by atoms with Gasteiger partial charge in [0, 0.05) is 0 Å². The molecule has 2 aromatic rings. The normalized spacial score (nSPS) is 10.1. The number of carbonyl (C=O) groups is 1. The number of Topliss-reactive ketones (excluding diaryl/α,β-unsaturated/α-hetero) is 1. The molecular formula is C16H16O4. The van der Waals surface area contributed by atoms with E-state index in [9.17, 15) is 9.90 Å². The number of phenols is 1. The molecule has 0 aliphatic heterocycles. The van der Waals surface area contributed by atoms with Gasteiger partial charge in [-0.25, -0.2) is 0 Å². The van der Waals surface area contributed by atoms with Crippen molar-refractivity contribution in [3.05, 3.63) is 54.1 Å². The number of aromatic hydroxyl groups is 1. The minimum absolute atomic E-state index is 0.0345. The van der Waals surface area contributed by atoms with Crippen LogP contribution in [-0.4, -0.2) is 24.1 Å². The zero-order valence-corrected chi connectivity index (χ0v) is 11.2. The molecule has 1 N–H and O–H groups in total. The molecule has 0 atom stereocenters. The summed E-state index contributed by atoms with van der Waals surface area (Å²) in [6.07, 6.45) is 0. The fraction of sp³-hybridized carbons (Fsp3) is 0.188. The molecule has 4 nitrogen and oxygen atoms in total. The average molecular weight is 272 g/mol. The predicted molar refractivity (Wildman–Crippen MR) is 75.5 cm³/mol. The minimum Gasteiger partial charge on any atom is -0.507 e. The highest BCUT2D eigenvalue weighted by Crippen LogP contribution is 2.19. The Morgan fingerprint density at radius 2 is 1.60 bits per heavy atom. The standard InChI is InChI=1S/C16H16O4/c1-2-19-12-7-9-13(10-8-12)20-11-16(18)14-5-3-4-6-15(14)17/h3-10,17H,2,11H2,1H3. The van der Waals surface area contributed by atoms with Gasteiger partial charge in [-0.15, -0.1) is 0 Å². The fourth-order valence-corrected chi connectivity index (χ4v) is 1.73. The summed E-state index contributed by atoms with van der Waals surface area (Å²) in [5.41, 5.74) is 0.262. The number of phenolic OH excluding ortho intramolecular Hbond substituents is 1. The van der Waals surface area contributed by atoms with Crippen molar-refractivity contribution in [3.8, 4) is 17.2 Å². The van der Waals surface area contributed by atoms with E-state index in [4.69, 9.17) is 9.47 Å². The van der Waals surface area contributed by atoms with E-state index in [1.54, 1.807) is 42.5 Å². The monoisotopic (exact) mass is 272 g/mol. The Bertz CT molecular complexity index is 575. The summed E-state index contributed by atoms with van der Waals surface area (Å²) in [7, 11) is 0. The van der Waals surface area contributed by atoms with E-state index in [0.29, 0.717) is 12.4 Å². The Morgan fingerprint density at radius 1 is 1.00 bits per heavy atom. The number of para-hydroxylation sites is 1. The fourth-order valence-electron chi connectivity index (χ4n) is 1.73. The van der Waals surface area contributed by atoms with Gasteiger partial charge in [0.25, 0.3) is 0 Å². The van der Waals surface area contributed by atoms with Crippen LogP contribution in [-0.2, 0) is 0 Å². The maximum atomic E-state index is 11.9. The van der Waals surface area contributed by atoms with E-state index in [0.717, 1.165) is 5.75 Å². The van der Waals surface area contributed by atoms with E-state index in [-0.39, 0.29) is 23.7 Å². The van der Waals surface area contributed by atoms with E-state index in [1.807, 2.05) is 6.92 Å². The first-order chi connectivity index (χ1) is 9.70. The van der Waals surface area contributed by atoms with Gasteiger partial charge < -0.3 is 14.6 Å². The van der Waals surface area contributed by atoms with Gasteiger partial charge >= 0.3 is 0 Å². The Balaban J connectivity index is 1.95. The van der Waals surface area contributed by atoms with Gasteiger partial charge in [-0.05, 0) is 43.3 Å². The number of hydrogen-bond donors (Lipinski definition) is 1. The van der Waals surface area contributed by atoms with Crippen molar-refractivity contribution in [3.63, 3.8) is 0 Å². The Labute approximate surface area is 117 Å². The van der Waals surface area contributed by atoms with E-state index >= 15 is 0 Å². The molecule has 0 aromatic heterocycles. The summed E-state index contributed by atoms with van der Waals surface area (Å²) >= 11 is 0. The van der Waals surface area contributed by atoms with Crippen LogP contribution in [0, 0.1) is 0 Å². The van der Waals surface area contributed by atoms with E-state index in [1.165, 1.54) is 6.07 Å². The molecule has 0 amide bonds. The van der Waals surface area contributed by atoms with Gasteiger partial charge in [-0.2, -0.15) is 0 Å². The zero-order valence-electron chi connectivity index (χ0n) is 11.2. The second-order valence-electron chi connectivity index (χ2n) is 4.13. The molecule has 4 heteroatoms. The lowest BCUT2D eigenvalue weighted by molar-refractivity contribution is 0.0919. The van der Waals surface area contributed by atoms with Crippen LogP contribution in [0.25, 0.3) is 0 Å². The van der Waals surface area contributed by atoms with Crippen molar-refractivity contribution in [2.24, 2.45) is 0 Å². The highest BCUT2D eigenvalue weighted by atomic mass is 16.5. The summed E-state index contributed by atoms with van der Waals surface area (Å²) in [6, 6.07) is 13.4. The highest BCUT2D eigenvalue weighted by Gasteiger charge is 2.10. The van der Waals surface area contributed by atoms with Crippen molar-refractivity contribution >= 4 is 5.78 Å². The third kappa shape index (κ3) is 3.51. The van der Waals surface area contributed by atoms with Crippen LogP contribution in [0.15, 0.2) is 48.5 Å². The summed E-state index contributed by atoms with van der Waals surface area (Å²) in [5, 5.41) is 9.58. The predicted octanol–water partition coefficient (Wildman–Crippen LogP) is 3.05. The molecule has 0 fully saturated rings. The molecule has 2 aromatic carbocycles. The van der Waals surface area contributed by atoms with Crippen LogP contribution < -0.4 is 9.47 Å². The molecular weight excluding hydrogens is 256 g/mol. The van der Waals surface area contributed by atoms with Crippen molar-refractivity contribution in [1.82, 2.24) is 0 Å². The number of carbonyl (C=O) groups excluding carboxylic acids is 1. The summed E-state index contributed by atoms with van der Waals surface area (Å²) in [4.78, 5) is 11.9. The van der Waals surface area contributed by atoms with Crippen LogP contribution in [0.1, 0.15) is 17.3 Å². The number of ether oxygens (including phenoxy) is 2. The molecule has 0 radical (unpaired) electrons. The molecule has 2 rings (SSSR count). The molecule has 20 heavy (non-hydrogen) atoms. The van der Waals surface area contributed by atoms with Crippen molar-refractivity contribution in [2.75, 3.05) is 13.2 Å². The third-order valence-electron chi connectivity index (χ3n) is 2.71. The smallest absolute Gasteiger partial charge is 0.203 e. The highest BCUT2D eigenvalue weighted by molar-refractivity contribution is 5.99. The lowest BCUT2D eigenvalue weighted by atomic mass is 10.1. The van der Waals surface area contributed by atoms with Gasteiger partial charge in [-0.1, -0.05) is 12.1 Å². The lowest BCUT2D eigenvalue weighted by Gasteiger charge is -2.08. The molecule has 0 saturated heterocycles. The van der Waals surface area contributed by atoms with Crippen LogP contribution in [0.4, 0.5) is 0 Å². The summed E-state index contributed by atoms with van der Waals surface area (Å²) in [6.45, 7) is 2.40. The molecule has 0 saturated carbocycles. The van der Waals surface area contributed by atoms with Gasteiger partial charge in [0.1, 0.15) is 17.2 Å². The second kappa shape index (κ2) is 6.61. The Hall–Kier alpha value is -2.49. The topological polar surface area (TPSA) is 55.8 Å². The number of hydrogen-bond acceptors (Lipinski definition) is 4. The van der Waals surface area contributed by atoms with Crippen LogP contribution >= 0.6 is 0 Å². The quantitative estimate of drug-likeness (QED) is 0.821. The Kier molecular flexibility index (Phi) is 4.60. The van der Waals surface area contributed by atoms with Crippen molar-refractivity contribution in [2.45, 2.75) is 6.92 Å². The third-order valence-corrected chi connectivity index (χ3v) is 2.71. The van der Waals surface area contributed by atoms with E-state index < -0.39 is 0 Å². The zero-order chi connectivity index (χ0) is 14.4. The molecule has 0 spiro atoms. The largest absolute Gasteiger partial charge is 0.507 e. The van der Waals surface area contributed by atoms with Gasteiger partial charge in [0.15, 0.2) is 6.61 Å². The summed E-state index contributed by atoms with van der Waals surface area (Å²) < 4.78 is 10.7. The van der Waals surface area contributed by atoms with Gasteiger partial charge in [0.05, 0.1) is 12.2 Å². The lowest BCUT2D eigenvalue weighted by Crippen LogP contribution is -2.11. The van der Waals surface area contributed by atoms with Gasteiger partial charge in [-0.3, -0.25) is 4.79 Å². The minimum atomic E-state index is -0.267. The van der Waals surface area contributed by atoms with Crippen LogP contribution in [0.5, 0.6) is 17.2 Å². The average Bonchev–Trinajstić information content (AvgIpc) is 2.47. The number of rotatable bonds is 6. The second-order valence-corrected chi connectivity index (χ2v) is 4.13. The number of ketones is 1. The van der Waals surface area contributed by atoms with Crippen molar-refractivity contribution < 1.29 is 19.4 Å². The molecule has 0 unspecified atom stereocenters. The van der Waals surface area contributed by atoms with E-state index in [2.05, 4.69) is 0 Å². The first kappa shape index (κ1) is 13.9. The number of benzene rings is 2. The molecule has 0 aliphatic carbocycles. The first-order valence-electron chi connectivity index (χ1n) is 6.37. The molecule has 0 aliphatic rings. The van der Waals surface area contributed by atoms with Gasteiger partial charge in [0.2, 0.25) is 5.78 Å². The SMILES string of the molecule is CCOc1ccc(OCC(=O)c2ccccc2O)cc1. The van der Waals surface area contributed by atoms with Crippen LogP contribution in [0.2, 0.25) is 0 Å².